The molecule has 130 valence electrons. The van der Waals surface area contributed by atoms with E-state index in [0.29, 0.717) is 36.2 Å². The fraction of sp³-hybridized carbons (Fsp3) is 0.412. The van der Waals surface area contributed by atoms with Crippen LogP contribution in [-0.2, 0) is 16.0 Å². The first-order chi connectivity index (χ1) is 11.6. The molecule has 6 nitrogen and oxygen atoms in total. The van der Waals surface area contributed by atoms with Crippen LogP contribution in [0.3, 0.4) is 0 Å². The first-order valence-corrected chi connectivity index (χ1v) is 7.77. The van der Waals surface area contributed by atoms with Gasteiger partial charge in [0.25, 0.3) is 5.91 Å². The molecule has 0 unspecified atom stereocenters. The summed E-state index contributed by atoms with van der Waals surface area (Å²) in [6.07, 6.45) is 1.05. The highest BCUT2D eigenvalue weighted by atomic mass is 19.1. The van der Waals surface area contributed by atoms with Crippen molar-refractivity contribution < 1.29 is 23.5 Å². The second kappa shape index (κ2) is 8.44. The molecule has 0 fully saturated rings. The number of hydrogen-bond donors (Lipinski definition) is 1. The number of benzene rings is 1. The number of hydrogen-bond acceptors (Lipinski definition) is 5. The number of carbonyl (C=O) groups is 2. The van der Waals surface area contributed by atoms with Crippen LogP contribution >= 0.6 is 0 Å². The highest BCUT2D eigenvalue weighted by molar-refractivity contribution is 5.98. The lowest BCUT2D eigenvalue weighted by molar-refractivity contribution is -0.143. The van der Waals surface area contributed by atoms with Gasteiger partial charge in [-0.3, -0.25) is 9.59 Å². The molecule has 0 bridgehead atoms. The summed E-state index contributed by atoms with van der Waals surface area (Å²) < 4.78 is 22.8. The van der Waals surface area contributed by atoms with Crippen LogP contribution in [0.4, 0.5) is 4.39 Å². The lowest BCUT2D eigenvalue weighted by atomic mass is 9.98. The van der Waals surface area contributed by atoms with Crippen molar-refractivity contribution in [1.82, 2.24) is 4.90 Å². The van der Waals surface area contributed by atoms with Gasteiger partial charge in [-0.15, -0.1) is 0 Å². The Morgan fingerprint density at radius 2 is 2.25 bits per heavy atom. The molecular weight excluding hydrogens is 315 g/mol. The summed E-state index contributed by atoms with van der Waals surface area (Å²) >= 11 is 0. The topological polar surface area (TPSA) is 81.9 Å². The molecule has 1 aliphatic rings. The first-order valence-electron chi connectivity index (χ1n) is 7.77. The minimum atomic E-state index is -0.415. The van der Waals surface area contributed by atoms with Crippen LogP contribution in [0.5, 0.6) is 5.75 Å². The summed E-state index contributed by atoms with van der Waals surface area (Å²) in [5.74, 6) is -0.0723. The highest BCUT2D eigenvalue weighted by Gasteiger charge is 2.26. The van der Waals surface area contributed by atoms with Crippen LogP contribution in [0.1, 0.15) is 22.8 Å². The maximum absolute atomic E-state index is 12.5. The van der Waals surface area contributed by atoms with Crippen molar-refractivity contribution in [3.8, 4) is 5.75 Å². The fourth-order valence-electron chi connectivity index (χ4n) is 2.43. The van der Waals surface area contributed by atoms with Crippen molar-refractivity contribution >= 4 is 11.9 Å². The summed E-state index contributed by atoms with van der Waals surface area (Å²) in [6, 6.07) is 5.07. The number of esters is 1. The first kappa shape index (κ1) is 17.9. The van der Waals surface area contributed by atoms with Crippen molar-refractivity contribution in [2.24, 2.45) is 5.73 Å². The molecule has 1 heterocycles. The number of halogens is 1. The Morgan fingerprint density at radius 3 is 2.92 bits per heavy atom. The molecule has 0 aromatic heterocycles. The largest absolute Gasteiger partial charge is 0.489 e. The maximum atomic E-state index is 12.5. The van der Waals surface area contributed by atoms with Gasteiger partial charge in [-0.05, 0) is 37.1 Å². The number of nitrogens with zero attached hydrogens (tertiary/aromatic N) is 1. The predicted octanol–water partition coefficient (Wildman–Crippen LogP) is 1.44. The summed E-state index contributed by atoms with van der Waals surface area (Å²) in [7, 11) is 0. The molecule has 0 atom stereocenters. The lowest BCUT2D eigenvalue weighted by Gasteiger charge is -2.28. The van der Waals surface area contributed by atoms with Gasteiger partial charge in [0.05, 0.1) is 12.9 Å². The maximum Gasteiger partial charge on any atom is 0.325 e. The molecule has 2 rings (SSSR count). The molecule has 1 amide bonds. The Morgan fingerprint density at radius 1 is 1.46 bits per heavy atom. The van der Waals surface area contributed by atoms with E-state index in [2.05, 4.69) is 0 Å². The zero-order valence-corrected chi connectivity index (χ0v) is 13.6. The summed E-state index contributed by atoms with van der Waals surface area (Å²) in [5.41, 5.74) is 7.11. The minimum absolute atomic E-state index is 0.0501. The predicted molar refractivity (Wildman–Crippen MR) is 86.4 cm³/mol. The second-order valence-corrected chi connectivity index (χ2v) is 5.36. The molecule has 0 saturated carbocycles. The van der Waals surface area contributed by atoms with E-state index in [0.717, 1.165) is 5.56 Å². The highest BCUT2D eigenvalue weighted by Crippen LogP contribution is 2.24. The number of rotatable bonds is 7. The molecule has 24 heavy (non-hydrogen) atoms. The van der Waals surface area contributed by atoms with Crippen molar-refractivity contribution in [2.45, 2.75) is 13.3 Å². The summed E-state index contributed by atoms with van der Waals surface area (Å²) in [5, 5.41) is 0. The van der Waals surface area contributed by atoms with Gasteiger partial charge in [0.1, 0.15) is 18.9 Å². The Bertz CT molecular complexity index is 645. The molecule has 1 aromatic rings. The van der Waals surface area contributed by atoms with Crippen LogP contribution in [0, 0.1) is 0 Å². The van der Waals surface area contributed by atoms with Gasteiger partial charge in [0.15, 0.2) is 0 Å². The van der Waals surface area contributed by atoms with Crippen molar-refractivity contribution in [2.75, 3.05) is 32.8 Å². The molecule has 1 aliphatic heterocycles. The standard InChI is InChI=1S/C17H21FN2O4/c1-2-23-16(21)10-20-6-5-13-7-14(3-4-15(13)17(20)22)24-11-12(8-18)9-19/h3-4,7-8H,2,5-6,9-11,19H2,1H3/b12-8+. The van der Waals surface area contributed by atoms with Crippen LogP contribution < -0.4 is 10.5 Å². The van der Waals surface area contributed by atoms with Gasteiger partial charge in [0.2, 0.25) is 0 Å². The summed E-state index contributed by atoms with van der Waals surface area (Å²) in [6.45, 7) is 2.55. The van der Waals surface area contributed by atoms with E-state index in [-0.39, 0.29) is 32.2 Å². The van der Waals surface area contributed by atoms with Crippen molar-refractivity contribution in [3.05, 3.63) is 41.2 Å². The van der Waals surface area contributed by atoms with Gasteiger partial charge in [-0.1, -0.05) is 0 Å². The third-order valence-electron chi connectivity index (χ3n) is 3.71. The number of amides is 1. The molecule has 0 aliphatic carbocycles. The summed E-state index contributed by atoms with van der Waals surface area (Å²) in [4.78, 5) is 25.4. The number of fused-ring (bicyclic) bond motifs is 1. The van der Waals surface area contributed by atoms with E-state index in [1.54, 1.807) is 25.1 Å². The number of ether oxygens (including phenoxy) is 2. The zero-order chi connectivity index (χ0) is 17.5. The van der Waals surface area contributed by atoms with Crippen LogP contribution in [0.25, 0.3) is 0 Å². The SMILES string of the molecule is CCOC(=O)CN1CCc2cc(OC/C(=C/F)CN)ccc2C1=O. The van der Waals surface area contributed by atoms with E-state index in [9.17, 15) is 14.0 Å². The lowest BCUT2D eigenvalue weighted by Crippen LogP contribution is -2.41. The van der Waals surface area contributed by atoms with Gasteiger partial charge in [-0.2, -0.15) is 0 Å². The van der Waals surface area contributed by atoms with Crippen molar-refractivity contribution in [1.29, 1.82) is 0 Å². The minimum Gasteiger partial charge on any atom is -0.489 e. The third-order valence-corrected chi connectivity index (χ3v) is 3.71. The van der Waals surface area contributed by atoms with Crippen molar-refractivity contribution in [3.63, 3.8) is 0 Å². The number of carbonyl (C=O) groups excluding carboxylic acids is 2. The van der Waals surface area contributed by atoms with Gasteiger partial charge in [0, 0.05) is 24.2 Å². The van der Waals surface area contributed by atoms with Crippen LogP contribution in [0.2, 0.25) is 0 Å². The Balaban J connectivity index is 2.04. The van der Waals surface area contributed by atoms with Gasteiger partial charge < -0.3 is 20.1 Å². The molecule has 0 saturated heterocycles. The fourth-order valence-corrected chi connectivity index (χ4v) is 2.43. The Labute approximate surface area is 140 Å². The average Bonchev–Trinajstić information content (AvgIpc) is 2.58. The second-order valence-electron chi connectivity index (χ2n) is 5.36. The van der Waals surface area contributed by atoms with E-state index < -0.39 is 5.97 Å². The molecule has 0 spiro atoms. The van der Waals surface area contributed by atoms with E-state index in [1.165, 1.54) is 4.90 Å². The average molecular weight is 336 g/mol. The quantitative estimate of drug-likeness (QED) is 0.762. The Hall–Kier alpha value is -2.41. The molecular formula is C17H21FN2O4. The smallest absolute Gasteiger partial charge is 0.325 e. The molecule has 0 radical (unpaired) electrons. The van der Waals surface area contributed by atoms with Gasteiger partial charge >= 0.3 is 5.97 Å². The van der Waals surface area contributed by atoms with E-state index >= 15 is 0 Å². The van der Waals surface area contributed by atoms with E-state index in [4.69, 9.17) is 15.2 Å². The van der Waals surface area contributed by atoms with Crippen LogP contribution in [0.15, 0.2) is 30.1 Å². The van der Waals surface area contributed by atoms with Gasteiger partial charge in [-0.25, -0.2) is 4.39 Å². The number of nitrogens with two attached hydrogens (primary N) is 1. The molecule has 7 heteroatoms. The normalized spacial score (nSPS) is 14.4. The molecule has 1 aromatic carbocycles. The van der Waals surface area contributed by atoms with Crippen LogP contribution in [-0.4, -0.2) is 49.6 Å². The van der Waals surface area contributed by atoms with E-state index in [1.807, 2.05) is 0 Å². The third kappa shape index (κ3) is 4.32. The monoisotopic (exact) mass is 336 g/mol. The molecule has 2 N–H and O–H groups in total. The zero-order valence-electron chi connectivity index (χ0n) is 13.6. The Kier molecular flexibility index (Phi) is 6.31.